The highest BCUT2D eigenvalue weighted by Crippen LogP contribution is 2.30. The number of nitrogens with one attached hydrogen (secondary N) is 2. The van der Waals surface area contributed by atoms with Gasteiger partial charge in [-0.1, -0.05) is 96.0 Å². The van der Waals surface area contributed by atoms with Crippen LogP contribution in [0.4, 0.5) is 0 Å². The van der Waals surface area contributed by atoms with Crippen molar-refractivity contribution in [3.8, 4) is 0 Å². The lowest BCUT2D eigenvalue weighted by atomic mass is 9.81. The van der Waals surface area contributed by atoms with Crippen LogP contribution in [0.2, 0.25) is 0 Å². The number of nitrogens with zero attached hydrogens (tertiary/aromatic N) is 2. The molecular weight excluding hydrogens is 660 g/mol. The molecule has 2 aliphatic rings. The van der Waals surface area contributed by atoms with Crippen molar-refractivity contribution in [3.63, 3.8) is 0 Å². The van der Waals surface area contributed by atoms with E-state index in [-0.39, 0.29) is 43.0 Å². The van der Waals surface area contributed by atoms with Crippen molar-refractivity contribution in [1.29, 1.82) is 0 Å². The topological polar surface area (TPSA) is 130 Å². The van der Waals surface area contributed by atoms with Gasteiger partial charge in [-0.2, -0.15) is 0 Å². The van der Waals surface area contributed by atoms with Gasteiger partial charge in [0.25, 0.3) is 5.91 Å². The van der Waals surface area contributed by atoms with E-state index in [0.29, 0.717) is 57.7 Å². The van der Waals surface area contributed by atoms with E-state index >= 15 is 0 Å². The maximum Gasteiger partial charge on any atom is 0.252 e. The summed E-state index contributed by atoms with van der Waals surface area (Å²) in [5.74, 6) is -0.490. The molecule has 52 heavy (non-hydrogen) atoms. The van der Waals surface area contributed by atoms with Gasteiger partial charge in [-0.25, -0.2) is 0 Å². The summed E-state index contributed by atoms with van der Waals surface area (Å²) in [6, 6.07) is 9.26. The monoisotopic (exact) mass is 731 g/mol. The van der Waals surface area contributed by atoms with Gasteiger partial charge in [0, 0.05) is 45.6 Å². The highest BCUT2D eigenvalue weighted by atomic mass is 16.7. The number of benzene rings is 1. The van der Waals surface area contributed by atoms with E-state index in [2.05, 4.69) is 17.6 Å². The van der Waals surface area contributed by atoms with Crippen LogP contribution >= 0.6 is 0 Å². The van der Waals surface area contributed by atoms with Gasteiger partial charge in [0.1, 0.15) is 19.0 Å². The van der Waals surface area contributed by atoms with Crippen molar-refractivity contribution in [2.75, 3.05) is 54.2 Å². The average Bonchev–Trinajstić information content (AvgIpc) is 3.14. The highest BCUT2D eigenvalue weighted by molar-refractivity contribution is 5.84. The summed E-state index contributed by atoms with van der Waals surface area (Å²) >= 11 is 0. The smallest absolute Gasteiger partial charge is 0.252 e. The molecule has 3 amide bonds. The number of likely N-dealkylation sites (N-methyl/N-ethyl adjacent to an activating group) is 1. The number of aliphatic hydroxyl groups excluding tert-OH is 1. The molecule has 0 radical (unpaired) electrons. The van der Waals surface area contributed by atoms with Crippen LogP contribution in [0.3, 0.4) is 0 Å². The third-order valence-electron chi connectivity index (χ3n) is 10.8. The van der Waals surface area contributed by atoms with Crippen LogP contribution in [0.1, 0.15) is 103 Å². The Labute approximate surface area is 313 Å². The molecule has 1 saturated carbocycles. The van der Waals surface area contributed by atoms with E-state index in [4.69, 9.17) is 14.2 Å². The summed E-state index contributed by atoms with van der Waals surface area (Å²) in [5, 5.41) is 18.1. The van der Waals surface area contributed by atoms with E-state index in [0.717, 1.165) is 50.6 Å². The van der Waals surface area contributed by atoms with Gasteiger partial charge in [0.2, 0.25) is 11.8 Å². The molecule has 1 heterocycles. The van der Waals surface area contributed by atoms with E-state index in [1.807, 2.05) is 68.1 Å². The molecule has 0 bridgehead atoms. The van der Waals surface area contributed by atoms with Gasteiger partial charge < -0.3 is 39.8 Å². The van der Waals surface area contributed by atoms with Gasteiger partial charge >= 0.3 is 0 Å². The van der Waals surface area contributed by atoms with Crippen LogP contribution in [0.15, 0.2) is 30.3 Å². The summed E-state index contributed by atoms with van der Waals surface area (Å²) in [6.07, 6.45) is 7.79. The first kappa shape index (κ1) is 43.8. The Morgan fingerprint density at radius 1 is 0.981 bits per heavy atom. The summed E-state index contributed by atoms with van der Waals surface area (Å²) in [6.45, 7) is 8.66. The molecule has 0 spiro atoms. The average molecular weight is 731 g/mol. The fourth-order valence-corrected chi connectivity index (χ4v) is 7.49. The zero-order valence-electron chi connectivity index (χ0n) is 33.0. The Morgan fingerprint density at radius 3 is 2.29 bits per heavy atom. The molecule has 3 N–H and O–H groups in total. The number of amides is 3. The van der Waals surface area contributed by atoms with Crippen LogP contribution in [-0.4, -0.2) is 117 Å². The maximum absolute atomic E-state index is 14.3. The molecule has 2 fully saturated rings. The molecule has 1 aromatic carbocycles. The maximum atomic E-state index is 14.3. The number of hydrogen-bond acceptors (Lipinski definition) is 8. The molecule has 11 heteroatoms. The van der Waals surface area contributed by atoms with Crippen molar-refractivity contribution in [2.45, 2.75) is 135 Å². The number of unbranched alkanes of at least 4 members (excludes halogenated alkanes) is 1. The third-order valence-corrected chi connectivity index (χ3v) is 10.8. The predicted octanol–water partition coefficient (Wildman–Crippen LogP) is 4.94. The molecule has 296 valence electrons. The minimum absolute atomic E-state index is 0.0158. The molecule has 1 aliphatic carbocycles. The minimum atomic E-state index is -0.909. The Balaban J connectivity index is 1.80. The van der Waals surface area contributed by atoms with Gasteiger partial charge in [-0.05, 0) is 63.6 Å². The number of piperidine rings is 1. The number of carbonyl (C=O) groups is 3. The number of hydrogen-bond donors (Lipinski definition) is 3. The second kappa shape index (κ2) is 24.0. The highest BCUT2D eigenvalue weighted by Gasteiger charge is 2.36. The van der Waals surface area contributed by atoms with Crippen LogP contribution in [0, 0.1) is 17.8 Å². The van der Waals surface area contributed by atoms with Crippen molar-refractivity contribution >= 4 is 17.7 Å². The van der Waals surface area contributed by atoms with E-state index in [9.17, 15) is 19.5 Å². The normalized spacial score (nSPS) is 18.9. The molecule has 1 aromatic rings. The quantitative estimate of drug-likeness (QED) is 0.135. The first-order valence-electron chi connectivity index (χ1n) is 20.0. The molecule has 1 aliphatic heterocycles. The van der Waals surface area contributed by atoms with Crippen molar-refractivity contribution in [3.05, 3.63) is 35.9 Å². The van der Waals surface area contributed by atoms with E-state index in [1.54, 1.807) is 7.11 Å². The number of ether oxygens (including phenoxy) is 3. The van der Waals surface area contributed by atoms with E-state index in [1.165, 1.54) is 6.42 Å². The van der Waals surface area contributed by atoms with E-state index < -0.39 is 30.3 Å². The molecule has 3 rings (SSSR count). The molecule has 0 aromatic heterocycles. The summed E-state index contributed by atoms with van der Waals surface area (Å²) < 4.78 is 17.4. The SMILES string of the molecule is CCCC[C@H](O[C@@H](Cc1ccccc1)C(=O)N1CCC(OCOC)CC1)C(=O)N[C@@H](CC1CCCCC1)[C@@H](O)C[C@H](C(=O)NCCN(C)C)C(C)C. The number of methoxy groups -OCH3 is 1. The zero-order chi connectivity index (χ0) is 37.9. The second-order valence-corrected chi connectivity index (χ2v) is 15.6. The summed E-state index contributed by atoms with van der Waals surface area (Å²) in [7, 11) is 5.53. The van der Waals surface area contributed by atoms with Gasteiger partial charge in [-0.15, -0.1) is 0 Å². The van der Waals surface area contributed by atoms with Crippen molar-refractivity contribution < 1.29 is 33.7 Å². The number of aliphatic hydroxyl groups is 1. The van der Waals surface area contributed by atoms with Crippen LogP contribution < -0.4 is 10.6 Å². The second-order valence-electron chi connectivity index (χ2n) is 15.6. The third kappa shape index (κ3) is 15.4. The van der Waals surface area contributed by atoms with Crippen molar-refractivity contribution in [2.24, 2.45) is 17.8 Å². The fraction of sp³-hybridized carbons (Fsp3) is 0.780. The first-order valence-corrected chi connectivity index (χ1v) is 20.0. The molecule has 1 saturated heterocycles. The molecule has 11 nitrogen and oxygen atoms in total. The van der Waals surface area contributed by atoms with Gasteiger partial charge in [0.15, 0.2) is 0 Å². The first-order chi connectivity index (χ1) is 25.0. The lowest BCUT2D eigenvalue weighted by Gasteiger charge is -2.36. The fourth-order valence-electron chi connectivity index (χ4n) is 7.49. The number of rotatable bonds is 23. The Hall–Kier alpha value is -2.57. The van der Waals surface area contributed by atoms with Crippen molar-refractivity contribution in [1.82, 2.24) is 20.4 Å². The van der Waals surface area contributed by atoms with Gasteiger partial charge in [-0.3, -0.25) is 14.4 Å². The molecule has 0 unspecified atom stereocenters. The zero-order valence-corrected chi connectivity index (χ0v) is 33.0. The molecule has 5 atom stereocenters. The lowest BCUT2D eigenvalue weighted by molar-refractivity contribution is -0.157. The Kier molecular flexibility index (Phi) is 20.2. The predicted molar refractivity (Wildman–Crippen MR) is 205 cm³/mol. The minimum Gasteiger partial charge on any atom is -0.391 e. The Bertz CT molecular complexity index is 1160. The standard InChI is InChI=1S/C41H70N4O7/c1-7-8-19-37(52-38(27-32-17-13-10-14-18-32)41(49)45-23-20-33(21-24-45)51-29-50-6)40(48)43-35(26-31-15-11-9-12-16-31)36(46)28-34(30(2)3)39(47)42-22-25-44(4)5/h10,13-14,17-18,30-31,33-38,46H,7-9,11-12,15-16,19-29H2,1-6H3,(H,42,47)(H,43,48)/t34-,35-,36-,37-,38-/m0/s1. The molecular formula is C41H70N4O7. The van der Waals surface area contributed by atoms with Crippen LogP contribution in [-0.2, 0) is 35.0 Å². The number of carbonyl (C=O) groups excluding carboxylic acids is 3. The number of likely N-dealkylation sites (tertiary alicyclic amines) is 1. The largest absolute Gasteiger partial charge is 0.391 e. The summed E-state index contributed by atoms with van der Waals surface area (Å²) in [4.78, 5) is 45.6. The van der Waals surface area contributed by atoms with Gasteiger partial charge in [0.05, 0.1) is 18.2 Å². The Morgan fingerprint density at radius 2 is 1.67 bits per heavy atom. The van der Waals surface area contributed by atoms with Crippen LogP contribution in [0.25, 0.3) is 0 Å². The lowest BCUT2D eigenvalue weighted by Crippen LogP contribution is -2.52. The summed E-state index contributed by atoms with van der Waals surface area (Å²) in [5.41, 5.74) is 0.961. The van der Waals surface area contributed by atoms with Crippen LogP contribution in [0.5, 0.6) is 0 Å².